The number of thiazole rings is 1. The van der Waals surface area contributed by atoms with E-state index in [0.717, 1.165) is 41.1 Å². The van der Waals surface area contributed by atoms with Crippen LogP contribution in [0.15, 0.2) is 24.3 Å². The van der Waals surface area contributed by atoms with Crippen molar-refractivity contribution in [3.05, 3.63) is 40.8 Å². The second-order valence-corrected chi connectivity index (χ2v) is 7.95. The highest BCUT2D eigenvalue weighted by atomic mass is 32.1. The molecule has 1 aromatic heterocycles. The maximum absolute atomic E-state index is 13.3. The van der Waals surface area contributed by atoms with E-state index in [0.29, 0.717) is 24.6 Å². The number of amides is 2. The zero-order chi connectivity index (χ0) is 18.3. The Bertz CT molecular complexity index is 845. The van der Waals surface area contributed by atoms with Gasteiger partial charge in [0.05, 0.1) is 9.88 Å². The molecule has 0 spiro atoms. The van der Waals surface area contributed by atoms with Crippen LogP contribution in [-0.4, -0.2) is 34.3 Å². The summed E-state index contributed by atoms with van der Waals surface area (Å²) >= 11 is 1.49. The summed E-state index contributed by atoms with van der Waals surface area (Å²) in [4.78, 5) is 31.9. The summed E-state index contributed by atoms with van der Waals surface area (Å²) in [6, 6.07) is 5.51. The highest BCUT2D eigenvalue weighted by molar-refractivity contribution is 7.15. The van der Waals surface area contributed by atoms with Gasteiger partial charge in [0.25, 0.3) is 5.91 Å². The van der Waals surface area contributed by atoms with Gasteiger partial charge < -0.3 is 10.6 Å². The summed E-state index contributed by atoms with van der Waals surface area (Å²) in [7, 11) is 0. The van der Waals surface area contributed by atoms with E-state index < -0.39 is 11.9 Å². The second kappa shape index (κ2) is 6.79. The number of carbonyl (C=O) groups excluding carboxylic acids is 2. The SMILES string of the molecule is NC(=O)C1CCCCN1C(=O)c1nc(C2CC2)sc1-c1ccc(F)cc1. The normalized spacial score (nSPS) is 20.2. The van der Waals surface area contributed by atoms with Gasteiger partial charge in [0.2, 0.25) is 5.91 Å². The largest absolute Gasteiger partial charge is 0.368 e. The number of nitrogens with two attached hydrogens (primary N) is 1. The molecule has 26 heavy (non-hydrogen) atoms. The van der Waals surface area contributed by atoms with Crippen LogP contribution in [0.4, 0.5) is 4.39 Å². The molecular weight excluding hydrogens is 353 g/mol. The average molecular weight is 373 g/mol. The Morgan fingerprint density at radius 3 is 2.54 bits per heavy atom. The number of primary amides is 1. The molecule has 2 N–H and O–H groups in total. The van der Waals surface area contributed by atoms with Crippen molar-refractivity contribution in [3.8, 4) is 10.4 Å². The van der Waals surface area contributed by atoms with Crippen LogP contribution in [-0.2, 0) is 4.79 Å². The topological polar surface area (TPSA) is 76.3 Å². The minimum atomic E-state index is -0.580. The fourth-order valence-corrected chi connectivity index (χ4v) is 4.62. The van der Waals surface area contributed by atoms with Crippen molar-refractivity contribution >= 4 is 23.2 Å². The van der Waals surface area contributed by atoms with Crippen LogP contribution in [0.2, 0.25) is 0 Å². The van der Waals surface area contributed by atoms with Gasteiger partial charge in [0, 0.05) is 12.5 Å². The predicted molar refractivity (Wildman–Crippen MR) is 97.4 cm³/mol. The molecule has 1 saturated carbocycles. The number of carbonyl (C=O) groups is 2. The summed E-state index contributed by atoms with van der Waals surface area (Å²) in [5.41, 5.74) is 6.64. The monoisotopic (exact) mass is 373 g/mol. The molecule has 2 heterocycles. The average Bonchev–Trinajstić information content (AvgIpc) is 3.41. The first kappa shape index (κ1) is 17.1. The van der Waals surface area contributed by atoms with Crippen molar-refractivity contribution in [2.75, 3.05) is 6.54 Å². The smallest absolute Gasteiger partial charge is 0.274 e. The Labute approximate surface area is 155 Å². The van der Waals surface area contributed by atoms with Crippen LogP contribution in [0.5, 0.6) is 0 Å². The number of nitrogens with zero attached hydrogens (tertiary/aromatic N) is 2. The molecule has 5 nitrogen and oxygen atoms in total. The van der Waals surface area contributed by atoms with E-state index in [4.69, 9.17) is 5.73 Å². The van der Waals surface area contributed by atoms with Crippen LogP contribution in [0.25, 0.3) is 10.4 Å². The number of rotatable bonds is 4. The molecule has 1 aliphatic carbocycles. The summed E-state index contributed by atoms with van der Waals surface area (Å²) in [5, 5.41) is 0.945. The van der Waals surface area contributed by atoms with Crippen molar-refractivity contribution in [3.63, 3.8) is 0 Å². The zero-order valence-electron chi connectivity index (χ0n) is 14.3. The van der Waals surface area contributed by atoms with Gasteiger partial charge in [-0.15, -0.1) is 11.3 Å². The van der Waals surface area contributed by atoms with Gasteiger partial charge in [-0.25, -0.2) is 9.37 Å². The molecule has 0 bridgehead atoms. The lowest BCUT2D eigenvalue weighted by molar-refractivity contribution is -0.123. The van der Waals surface area contributed by atoms with Crippen molar-refractivity contribution in [2.24, 2.45) is 5.73 Å². The number of hydrogen-bond acceptors (Lipinski definition) is 4. The number of halogens is 1. The third kappa shape index (κ3) is 3.23. The van der Waals surface area contributed by atoms with Gasteiger partial charge in [-0.3, -0.25) is 9.59 Å². The van der Waals surface area contributed by atoms with Gasteiger partial charge in [-0.1, -0.05) is 12.1 Å². The highest BCUT2D eigenvalue weighted by Gasteiger charge is 2.36. The van der Waals surface area contributed by atoms with Gasteiger partial charge in [0.15, 0.2) is 0 Å². The molecule has 2 aliphatic rings. The Morgan fingerprint density at radius 1 is 1.15 bits per heavy atom. The first-order chi connectivity index (χ1) is 12.5. The second-order valence-electron chi connectivity index (χ2n) is 6.92. The molecule has 136 valence electrons. The minimum Gasteiger partial charge on any atom is -0.368 e. The first-order valence-corrected chi connectivity index (χ1v) is 9.73. The molecular formula is C19H20FN3O2S. The lowest BCUT2D eigenvalue weighted by atomic mass is 10.0. The molecule has 1 aliphatic heterocycles. The zero-order valence-corrected chi connectivity index (χ0v) is 15.1. The van der Waals surface area contributed by atoms with E-state index in [1.807, 2.05) is 0 Å². The molecule has 1 unspecified atom stereocenters. The lowest BCUT2D eigenvalue weighted by Crippen LogP contribution is -2.50. The van der Waals surface area contributed by atoms with Crippen LogP contribution in [0.1, 0.15) is 53.5 Å². The summed E-state index contributed by atoms with van der Waals surface area (Å²) in [5.74, 6) is -0.637. The quantitative estimate of drug-likeness (QED) is 0.893. The van der Waals surface area contributed by atoms with Crippen LogP contribution >= 0.6 is 11.3 Å². The third-order valence-corrected chi connectivity index (χ3v) is 6.24. The van der Waals surface area contributed by atoms with Crippen LogP contribution < -0.4 is 5.73 Å². The molecule has 0 radical (unpaired) electrons. The Hall–Kier alpha value is -2.28. The molecule has 2 fully saturated rings. The molecule has 7 heteroatoms. The Balaban J connectivity index is 1.73. The molecule has 1 saturated heterocycles. The van der Waals surface area contributed by atoms with E-state index in [9.17, 15) is 14.0 Å². The maximum atomic E-state index is 13.3. The molecule has 2 aromatic rings. The molecule has 1 aromatic carbocycles. The number of benzene rings is 1. The van der Waals surface area contributed by atoms with Crippen molar-refractivity contribution in [1.29, 1.82) is 0 Å². The lowest BCUT2D eigenvalue weighted by Gasteiger charge is -2.33. The fourth-order valence-electron chi connectivity index (χ4n) is 3.39. The maximum Gasteiger partial charge on any atom is 0.274 e. The Morgan fingerprint density at radius 2 is 1.88 bits per heavy atom. The third-order valence-electron chi connectivity index (χ3n) is 4.97. The van der Waals surface area contributed by atoms with Gasteiger partial charge in [-0.05, 0) is 49.8 Å². The van der Waals surface area contributed by atoms with Crippen molar-refractivity contribution in [2.45, 2.75) is 44.1 Å². The predicted octanol–water partition coefficient (Wildman–Crippen LogP) is 3.31. The number of hydrogen-bond donors (Lipinski definition) is 1. The number of piperidine rings is 1. The first-order valence-electron chi connectivity index (χ1n) is 8.91. The minimum absolute atomic E-state index is 0.254. The van der Waals surface area contributed by atoms with E-state index in [-0.39, 0.29) is 11.7 Å². The summed E-state index contributed by atoms with van der Waals surface area (Å²) < 4.78 is 13.3. The fraction of sp³-hybridized carbons (Fsp3) is 0.421. The Kier molecular flexibility index (Phi) is 4.48. The number of likely N-dealkylation sites (tertiary alicyclic amines) is 1. The van der Waals surface area contributed by atoms with E-state index in [2.05, 4.69) is 4.98 Å². The van der Waals surface area contributed by atoms with Crippen molar-refractivity contribution in [1.82, 2.24) is 9.88 Å². The van der Waals surface area contributed by atoms with Gasteiger partial charge in [0.1, 0.15) is 17.6 Å². The van der Waals surface area contributed by atoms with Crippen LogP contribution in [0, 0.1) is 5.82 Å². The summed E-state index contributed by atoms with van der Waals surface area (Å²) in [6.07, 6.45) is 4.48. The molecule has 2 amide bonds. The molecule has 1 atom stereocenters. The van der Waals surface area contributed by atoms with Crippen LogP contribution in [0.3, 0.4) is 0 Å². The van der Waals surface area contributed by atoms with E-state index in [1.165, 1.54) is 23.5 Å². The number of aromatic nitrogens is 1. The van der Waals surface area contributed by atoms with E-state index >= 15 is 0 Å². The summed E-state index contributed by atoms with van der Waals surface area (Å²) in [6.45, 7) is 0.506. The van der Waals surface area contributed by atoms with Gasteiger partial charge >= 0.3 is 0 Å². The highest BCUT2D eigenvalue weighted by Crippen LogP contribution is 2.45. The van der Waals surface area contributed by atoms with E-state index in [1.54, 1.807) is 17.0 Å². The molecule has 4 rings (SSSR count). The standard InChI is InChI=1S/C19H20FN3O2S/c20-13-8-6-11(7-9-13)16-15(22-18(26-16)12-4-5-12)19(25)23-10-2-1-3-14(23)17(21)24/h6-9,12,14H,1-5,10H2,(H2,21,24). The van der Waals surface area contributed by atoms with Gasteiger partial charge in [-0.2, -0.15) is 0 Å². The van der Waals surface area contributed by atoms with Crippen molar-refractivity contribution < 1.29 is 14.0 Å².